The minimum absolute atomic E-state index is 0. The van der Waals surface area contributed by atoms with Crippen molar-refractivity contribution in [3.8, 4) is 17.5 Å². The predicted molar refractivity (Wildman–Crippen MR) is 94.9 cm³/mol. The molecule has 1 aromatic heterocycles. The maximum Gasteiger partial charge on any atom is 0.405 e. The molecule has 1 aromatic carbocycles. The van der Waals surface area contributed by atoms with Crippen LogP contribution in [-0.2, 0) is 0 Å². The lowest BCUT2D eigenvalue weighted by molar-refractivity contribution is -0.123. The number of aromatic nitrogens is 2. The van der Waals surface area contributed by atoms with Crippen LogP contribution in [0.2, 0.25) is 5.02 Å². The highest BCUT2D eigenvalue weighted by atomic mass is 35.5. The van der Waals surface area contributed by atoms with Crippen molar-refractivity contribution in [2.75, 3.05) is 13.1 Å². The van der Waals surface area contributed by atoms with Gasteiger partial charge in [-0.1, -0.05) is 23.4 Å². The van der Waals surface area contributed by atoms with Gasteiger partial charge >= 0.3 is 6.18 Å². The fourth-order valence-corrected chi connectivity index (χ4v) is 2.26. The Morgan fingerprint density at radius 3 is 2.69 bits per heavy atom. The Morgan fingerprint density at radius 2 is 2.12 bits per heavy atom. The molecule has 1 amide bonds. The van der Waals surface area contributed by atoms with E-state index in [1.54, 1.807) is 30.4 Å². The number of aryl methyl sites for hydroxylation is 1. The van der Waals surface area contributed by atoms with Crippen LogP contribution >= 0.6 is 24.0 Å². The van der Waals surface area contributed by atoms with Crippen molar-refractivity contribution in [3.63, 3.8) is 0 Å². The third kappa shape index (κ3) is 5.66. The van der Waals surface area contributed by atoms with E-state index in [4.69, 9.17) is 17.3 Å². The van der Waals surface area contributed by atoms with Crippen molar-refractivity contribution < 1.29 is 18.0 Å². The molecule has 0 saturated heterocycles. The number of hydrogen-bond donors (Lipinski definition) is 2. The van der Waals surface area contributed by atoms with E-state index in [-0.39, 0.29) is 24.6 Å². The summed E-state index contributed by atoms with van der Waals surface area (Å²) in [5, 5.41) is 6.15. The number of nitrogens with one attached hydrogen (secondary N) is 1. The van der Waals surface area contributed by atoms with Gasteiger partial charge in [0.25, 0.3) is 5.91 Å². The first-order valence-electron chi connectivity index (χ1n) is 7.11. The first-order chi connectivity index (χ1) is 11.7. The average molecular weight is 407 g/mol. The van der Waals surface area contributed by atoms with Crippen molar-refractivity contribution in [1.29, 1.82) is 0 Å². The Labute approximate surface area is 159 Å². The highest BCUT2D eigenvalue weighted by Crippen LogP contribution is 2.22. The number of hydrogen-bond acceptors (Lipinski definition) is 3. The van der Waals surface area contributed by atoms with Crippen LogP contribution in [-0.4, -0.2) is 35.0 Å². The lowest BCUT2D eigenvalue weighted by Gasteiger charge is -2.07. The molecule has 3 N–H and O–H groups in total. The van der Waals surface area contributed by atoms with Gasteiger partial charge in [0.15, 0.2) is 5.69 Å². The standard InChI is InChI=1S/C16H14ClF3N4O.ClH/c1-10-8-24(23-14(10)15(25)22-9-16(18,19)20)13-5-4-11(3-2-6-21)7-12(13)17;/h4-5,7-8H,6,9,21H2,1H3,(H,22,25);1H. The molecule has 5 nitrogen and oxygen atoms in total. The molecule has 0 saturated carbocycles. The van der Waals surface area contributed by atoms with E-state index in [2.05, 4.69) is 16.9 Å². The second-order valence-electron chi connectivity index (χ2n) is 5.08. The summed E-state index contributed by atoms with van der Waals surface area (Å²) in [6.45, 7) is 0.364. The summed E-state index contributed by atoms with van der Waals surface area (Å²) in [6, 6.07) is 4.96. The van der Waals surface area contributed by atoms with Gasteiger partial charge in [0, 0.05) is 17.3 Å². The number of carbonyl (C=O) groups is 1. The van der Waals surface area contributed by atoms with E-state index in [1.165, 1.54) is 10.9 Å². The molecule has 2 aromatic rings. The van der Waals surface area contributed by atoms with Gasteiger partial charge in [-0.15, -0.1) is 12.4 Å². The number of amides is 1. The van der Waals surface area contributed by atoms with Crippen LogP contribution in [0.15, 0.2) is 24.4 Å². The van der Waals surface area contributed by atoms with E-state index in [0.717, 1.165) is 0 Å². The highest BCUT2D eigenvalue weighted by molar-refractivity contribution is 6.32. The van der Waals surface area contributed by atoms with Gasteiger partial charge in [-0.2, -0.15) is 18.3 Å². The Kier molecular flexibility index (Phi) is 7.51. The van der Waals surface area contributed by atoms with Crippen molar-refractivity contribution in [2.24, 2.45) is 5.73 Å². The molecule has 0 aliphatic heterocycles. The molecule has 0 fully saturated rings. The number of halogens is 5. The lowest BCUT2D eigenvalue weighted by Crippen LogP contribution is -2.34. The molecule has 1 heterocycles. The number of alkyl halides is 3. The Bertz CT molecular complexity index is 853. The Balaban J connectivity index is 0.00000338. The molecule has 0 aliphatic rings. The molecule has 0 aliphatic carbocycles. The monoisotopic (exact) mass is 406 g/mol. The summed E-state index contributed by atoms with van der Waals surface area (Å²) >= 11 is 6.20. The normalized spacial score (nSPS) is 10.5. The molecule has 2 rings (SSSR count). The zero-order valence-corrected chi connectivity index (χ0v) is 15.1. The quantitative estimate of drug-likeness (QED) is 0.769. The van der Waals surface area contributed by atoms with Gasteiger partial charge in [0.1, 0.15) is 6.54 Å². The SMILES string of the molecule is Cc1cn(-c2ccc(C#CCN)cc2Cl)nc1C(=O)NCC(F)(F)F.Cl. The van der Waals surface area contributed by atoms with Crippen molar-refractivity contribution in [2.45, 2.75) is 13.1 Å². The zero-order valence-electron chi connectivity index (χ0n) is 13.5. The summed E-state index contributed by atoms with van der Waals surface area (Å²) in [7, 11) is 0. The molecule has 0 radical (unpaired) electrons. The molecular weight excluding hydrogens is 392 g/mol. The van der Waals surface area contributed by atoms with Crippen LogP contribution in [0.5, 0.6) is 0 Å². The van der Waals surface area contributed by atoms with Crippen molar-refractivity contribution in [1.82, 2.24) is 15.1 Å². The average Bonchev–Trinajstić information content (AvgIpc) is 2.91. The second kappa shape index (κ2) is 8.94. The van der Waals surface area contributed by atoms with Crippen LogP contribution in [0.4, 0.5) is 13.2 Å². The number of carbonyl (C=O) groups excluding carboxylic acids is 1. The summed E-state index contributed by atoms with van der Waals surface area (Å²) in [6.07, 6.45) is -2.98. The molecule has 0 spiro atoms. The molecule has 140 valence electrons. The van der Waals surface area contributed by atoms with E-state index in [9.17, 15) is 18.0 Å². The predicted octanol–water partition coefficient (Wildman–Crippen LogP) is 2.86. The van der Waals surface area contributed by atoms with Gasteiger partial charge < -0.3 is 11.1 Å². The fourth-order valence-electron chi connectivity index (χ4n) is 2.00. The maximum atomic E-state index is 12.2. The van der Waals surface area contributed by atoms with Crippen LogP contribution < -0.4 is 11.1 Å². The first-order valence-corrected chi connectivity index (χ1v) is 7.49. The largest absolute Gasteiger partial charge is 0.405 e. The third-order valence-corrected chi connectivity index (χ3v) is 3.39. The molecule has 10 heteroatoms. The van der Waals surface area contributed by atoms with E-state index < -0.39 is 18.6 Å². The van der Waals surface area contributed by atoms with Gasteiger partial charge in [0.05, 0.1) is 17.3 Å². The Morgan fingerprint density at radius 1 is 1.42 bits per heavy atom. The minimum Gasteiger partial charge on any atom is -0.342 e. The minimum atomic E-state index is -4.49. The number of benzene rings is 1. The van der Waals surface area contributed by atoms with Gasteiger partial charge in [-0.25, -0.2) is 4.68 Å². The molecule has 0 atom stereocenters. The van der Waals surface area contributed by atoms with Gasteiger partial charge in [-0.3, -0.25) is 4.79 Å². The molecule has 0 bridgehead atoms. The topological polar surface area (TPSA) is 72.9 Å². The van der Waals surface area contributed by atoms with Crippen LogP contribution in [0.1, 0.15) is 21.6 Å². The molecule has 26 heavy (non-hydrogen) atoms. The van der Waals surface area contributed by atoms with Crippen LogP contribution in [0.25, 0.3) is 5.69 Å². The summed E-state index contributed by atoms with van der Waals surface area (Å²) in [5.74, 6) is 4.62. The summed E-state index contributed by atoms with van der Waals surface area (Å²) in [4.78, 5) is 11.9. The van der Waals surface area contributed by atoms with Crippen molar-refractivity contribution >= 4 is 29.9 Å². The lowest BCUT2D eigenvalue weighted by atomic mass is 10.2. The van der Waals surface area contributed by atoms with Crippen molar-refractivity contribution in [3.05, 3.63) is 46.2 Å². The first kappa shape index (κ1) is 21.8. The second-order valence-corrected chi connectivity index (χ2v) is 5.48. The van der Waals surface area contributed by atoms with Crippen LogP contribution in [0.3, 0.4) is 0 Å². The smallest absolute Gasteiger partial charge is 0.342 e. The van der Waals surface area contributed by atoms with Gasteiger partial charge in [0.2, 0.25) is 0 Å². The highest BCUT2D eigenvalue weighted by Gasteiger charge is 2.28. The maximum absolute atomic E-state index is 12.2. The number of rotatable bonds is 3. The Hall–Kier alpha value is -2.21. The number of nitrogens with zero attached hydrogens (tertiary/aromatic N) is 2. The third-order valence-electron chi connectivity index (χ3n) is 3.09. The van der Waals surface area contributed by atoms with Gasteiger partial charge in [-0.05, 0) is 25.1 Å². The summed E-state index contributed by atoms with van der Waals surface area (Å²) < 4.78 is 37.9. The van der Waals surface area contributed by atoms with Crippen LogP contribution in [0, 0.1) is 18.8 Å². The fraction of sp³-hybridized carbons (Fsp3) is 0.250. The zero-order chi connectivity index (χ0) is 18.6. The van der Waals surface area contributed by atoms with E-state index in [0.29, 0.717) is 21.8 Å². The van der Waals surface area contributed by atoms with E-state index in [1.807, 2.05) is 0 Å². The van der Waals surface area contributed by atoms with E-state index >= 15 is 0 Å². The number of nitrogens with two attached hydrogens (primary N) is 1. The molecule has 0 unspecified atom stereocenters. The molecular formula is C16H15Cl2F3N4O. The summed E-state index contributed by atoms with van der Waals surface area (Å²) in [5.41, 5.74) is 6.75.